The van der Waals surface area contributed by atoms with Gasteiger partial charge in [0.1, 0.15) is 5.82 Å². The SMILES string of the molecule is O=C(N/N=C\c1cccc(F)c1)Nc1ccccc1. The molecule has 0 radical (unpaired) electrons. The first-order chi connectivity index (χ1) is 9.24. The smallest absolute Gasteiger partial charge is 0.307 e. The van der Waals surface area contributed by atoms with Gasteiger partial charge in [-0.05, 0) is 29.8 Å². The van der Waals surface area contributed by atoms with E-state index in [1.165, 1.54) is 18.3 Å². The zero-order valence-electron chi connectivity index (χ0n) is 10.0. The van der Waals surface area contributed by atoms with Gasteiger partial charge in [-0.25, -0.2) is 14.6 Å². The van der Waals surface area contributed by atoms with Crippen LogP contribution in [0.15, 0.2) is 59.7 Å². The molecule has 5 heteroatoms. The van der Waals surface area contributed by atoms with E-state index in [4.69, 9.17) is 0 Å². The molecule has 0 bridgehead atoms. The molecule has 0 saturated carbocycles. The summed E-state index contributed by atoms with van der Waals surface area (Å²) in [5.74, 6) is -0.349. The summed E-state index contributed by atoms with van der Waals surface area (Å²) in [5.41, 5.74) is 3.53. The molecule has 2 N–H and O–H groups in total. The van der Waals surface area contributed by atoms with Crippen LogP contribution in [0.2, 0.25) is 0 Å². The summed E-state index contributed by atoms with van der Waals surface area (Å²) in [6.07, 6.45) is 1.37. The van der Waals surface area contributed by atoms with E-state index in [0.29, 0.717) is 11.3 Å². The van der Waals surface area contributed by atoms with Gasteiger partial charge in [0, 0.05) is 5.69 Å². The van der Waals surface area contributed by atoms with Gasteiger partial charge in [-0.1, -0.05) is 30.3 Å². The normalized spacial score (nSPS) is 10.4. The molecule has 2 amide bonds. The van der Waals surface area contributed by atoms with Crippen molar-refractivity contribution in [3.8, 4) is 0 Å². The molecule has 0 spiro atoms. The monoisotopic (exact) mass is 257 g/mol. The minimum Gasteiger partial charge on any atom is -0.307 e. The second-order valence-electron chi connectivity index (χ2n) is 3.75. The van der Waals surface area contributed by atoms with Crippen LogP contribution in [0.1, 0.15) is 5.56 Å². The lowest BCUT2D eigenvalue weighted by atomic mass is 10.2. The number of carbonyl (C=O) groups excluding carboxylic acids is 1. The van der Waals surface area contributed by atoms with Crippen molar-refractivity contribution in [1.29, 1.82) is 0 Å². The highest BCUT2D eigenvalue weighted by molar-refractivity contribution is 5.90. The van der Waals surface area contributed by atoms with E-state index in [9.17, 15) is 9.18 Å². The Morgan fingerprint density at radius 1 is 1.11 bits per heavy atom. The van der Waals surface area contributed by atoms with Gasteiger partial charge in [-0.3, -0.25) is 0 Å². The molecule has 2 rings (SSSR count). The summed E-state index contributed by atoms with van der Waals surface area (Å²) in [5, 5.41) is 6.33. The zero-order chi connectivity index (χ0) is 13.5. The molecule has 0 heterocycles. The molecule has 0 aliphatic rings. The Balaban J connectivity index is 1.87. The second-order valence-corrected chi connectivity index (χ2v) is 3.75. The van der Waals surface area contributed by atoms with Crippen LogP contribution in [-0.4, -0.2) is 12.2 Å². The number of hydrogen-bond donors (Lipinski definition) is 2. The lowest BCUT2D eigenvalue weighted by molar-refractivity contribution is 0.252. The van der Waals surface area contributed by atoms with Crippen molar-refractivity contribution in [2.45, 2.75) is 0 Å². The molecule has 19 heavy (non-hydrogen) atoms. The van der Waals surface area contributed by atoms with Gasteiger partial charge in [0.25, 0.3) is 0 Å². The summed E-state index contributed by atoms with van der Waals surface area (Å²) < 4.78 is 12.9. The quantitative estimate of drug-likeness (QED) is 0.644. The molecule has 4 nitrogen and oxygen atoms in total. The van der Waals surface area contributed by atoms with E-state index in [2.05, 4.69) is 15.8 Å². The lowest BCUT2D eigenvalue weighted by Crippen LogP contribution is -2.24. The molecule has 2 aromatic carbocycles. The maximum absolute atomic E-state index is 12.9. The van der Waals surface area contributed by atoms with Gasteiger partial charge in [-0.2, -0.15) is 5.10 Å². The van der Waals surface area contributed by atoms with Gasteiger partial charge in [0.2, 0.25) is 0 Å². The molecule has 0 saturated heterocycles. The number of carbonyl (C=O) groups is 1. The first-order valence-corrected chi connectivity index (χ1v) is 5.65. The number of nitrogens with zero attached hydrogens (tertiary/aromatic N) is 1. The van der Waals surface area contributed by atoms with Crippen molar-refractivity contribution >= 4 is 17.9 Å². The van der Waals surface area contributed by atoms with Crippen LogP contribution in [0.3, 0.4) is 0 Å². The average molecular weight is 257 g/mol. The van der Waals surface area contributed by atoms with E-state index < -0.39 is 6.03 Å². The molecule has 0 aliphatic heterocycles. The topological polar surface area (TPSA) is 53.5 Å². The van der Waals surface area contributed by atoms with Gasteiger partial charge >= 0.3 is 6.03 Å². The van der Waals surface area contributed by atoms with Crippen molar-refractivity contribution in [2.24, 2.45) is 5.10 Å². The van der Waals surface area contributed by atoms with E-state index in [1.54, 1.807) is 24.3 Å². The summed E-state index contributed by atoms with van der Waals surface area (Å²) in [4.78, 5) is 11.5. The second kappa shape index (κ2) is 6.30. The Kier molecular flexibility index (Phi) is 4.23. The Morgan fingerprint density at radius 2 is 1.89 bits per heavy atom. The lowest BCUT2D eigenvalue weighted by Gasteiger charge is -2.02. The number of nitrogens with one attached hydrogen (secondary N) is 2. The predicted molar refractivity (Wildman–Crippen MR) is 72.6 cm³/mol. The third-order valence-corrected chi connectivity index (χ3v) is 2.26. The fourth-order valence-electron chi connectivity index (χ4n) is 1.43. The fourth-order valence-corrected chi connectivity index (χ4v) is 1.43. The van der Waals surface area contributed by atoms with Crippen molar-refractivity contribution in [2.75, 3.05) is 5.32 Å². The van der Waals surface area contributed by atoms with Crippen LogP contribution in [0.5, 0.6) is 0 Å². The van der Waals surface area contributed by atoms with Crippen LogP contribution in [0.4, 0.5) is 14.9 Å². The number of amides is 2. The predicted octanol–water partition coefficient (Wildman–Crippen LogP) is 2.98. The van der Waals surface area contributed by atoms with Crippen molar-refractivity contribution < 1.29 is 9.18 Å². The van der Waals surface area contributed by atoms with Crippen LogP contribution in [0, 0.1) is 5.82 Å². The van der Waals surface area contributed by atoms with Gasteiger partial charge in [0.05, 0.1) is 6.21 Å². The number of para-hydroxylation sites is 1. The summed E-state index contributed by atoms with van der Waals surface area (Å²) in [6, 6.07) is 14.4. The fraction of sp³-hybridized carbons (Fsp3) is 0. The van der Waals surface area contributed by atoms with Gasteiger partial charge in [0.15, 0.2) is 0 Å². The number of urea groups is 1. The summed E-state index contributed by atoms with van der Waals surface area (Å²) >= 11 is 0. The van der Waals surface area contributed by atoms with Crippen molar-refractivity contribution in [1.82, 2.24) is 5.43 Å². The van der Waals surface area contributed by atoms with Crippen LogP contribution in [-0.2, 0) is 0 Å². The molecular formula is C14H12FN3O. The highest BCUT2D eigenvalue weighted by atomic mass is 19.1. The molecule has 0 aromatic heterocycles. The third-order valence-electron chi connectivity index (χ3n) is 2.26. The Morgan fingerprint density at radius 3 is 2.63 bits per heavy atom. The standard InChI is InChI=1S/C14H12FN3O/c15-12-6-4-5-11(9-12)10-16-18-14(19)17-13-7-2-1-3-8-13/h1-10H,(H2,17,18,19)/b16-10-. The van der Waals surface area contributed by atoms with E-state index in [1.807, 2.05) is 18.2 Å². The highest BCUT2D eigenvalue weighted by Crippen LogP contribution is 2.04. The number of halogens is 1. The largest absolute Gasteiger partial charge is 0.339 e. The van der Waals surface area contributed by atoms with E-state index in [0.717, 1.165) is 0 Å². The summed E-state index contributed by atoms with van der Waals surface area (Å²) in [7, 11) is 0. The van der Waals surface area contributed by atoms with E-state index in [-0.39, 0.29) is 5.82 Å². The van der Waals surface area contributed by atoms with Crippen LogP contribution >= 0.6 is 0 Å². The minimum atomic E-state index is -0.459. The maximum atomic E-state index is 12.9. The number of benzene rings is 2. The molecule has 2 aromatic rings. The minimum absolute atomic E-state index is 0.349. The highest BCUT2D eigenvalue weighted by Gasteiger charge is 1.98. The van der Waals surface area contributed by atoms with Gasteiger partial charge < -0.3 is 5.32 Å². The maximum Gasteiger partial charge on any atom is 0.339 e. The van der Waals surface area contributed by atoms with Crippen LogP contribution < -0.4 is 10.7 Å². The molecule has 96 valence electrons. The van der Waals surface area contributed by atoms with Crippen molar-refractivity contribution in [3.63, 3.8) is 0 Å². The molecule has 0 aliphatic carbocycles. The molecule has 0 unspecified atom stereocenters. The average Bonchev–Trinajstić information content (AvgIpc) is 2.40. The number of anilines is 1. The number of hydrogen-bond acceptors (Lipinski definition) is 2. The Hall–Kier alpha value is -2.69. The van der Waals surface area contributed by atoms with Crippen LogP contribution in [0.25, 0.3) is 0 Å². The number of rotatable bonds is 3. The summed E-state index contributed by atoms with van der Waals surface area (Å²) in [6.45, 7) is 0. The molecule has 0 fully saturated rings. The molecular weight excluding hydrogens is 245 g/mol. The zero-order valence-corrected chi connectivity index (χ0v) is 10.0. The molecule has 0 atom stereocenters. The first kappa shape index (κ1) is 12.8. The Labute approximate surface area is 110 Å². The Bertz CT molecular complexity index is 584. The van der Waals surface area contributed by atoms with Crippen molar-refractivity contribution in [3.05, 3.63) is 66.0 Å². The number of hydrazone groups is 1. The third kappa shape index (κ3) is 4.23. The van der Waals surface area contributed by atoms with E-state index >= 15 is 0 Å². The first-order valence-electron chi connectivity index (χ1n) is 5.65. The van der Waals surface area contributed by atoms with Gasteiger partial charge in [-0.15, -0.1) is 0 Å².